The molecule has 1 N–H and O–H groups in total. The minimum Gasteiger partial charge on any atom is -0.357 e. The second kappa shape index (κ2) is 7.30. The zero-order chi connectivity index (χ0) is 15.2. The highest BCUT2D eigenvalue weighted by atomic mass is 35.5. The lowest BCUT2D eigenvalue weighted by molar-refractivity contribution is 0.104. The molecule has 2 aromatic rings. The molecule has 0 spiro atoms. The van der Waals surface area contributed by atoms with Crippen molar-refractivity contribution in [1.29, 1.82) is 0 Å². The molecular formula is C17H15Cl2NO. The highest BCUT2D eigenvalue weighted by Gasteiger charge is 2.11. The van der Waals surface area contributed by atoms with Gasteiger partial charge in [0.2, 0.25) is 0 Å². The third kappa shape index (κ3) is 4.62. The average molecular weight is 320 g/mol. The number of anilines is 1. The van der Waals surface area contributed by atoms with Crippen LogP contribution in [-0.2, 0) is 0 Å². The minimum atomic E-state index is -0.806. The number of carbonyl (C=O) groups is 1. The Labute approximate surface area is 134 Å². The molecular weight excluding hydrogens is 305 g/mol. The first-order chi connectivity index (χ1) is 10.1. The first-order valence-corrected chi connectivity index (χ1v) is 7.36. The summed E-state index contributed by atoms with van der Waals surface area (Å²) in [5.74, 6) is -0.139. The number of halogens is 2. The SMILES string of the molecule is Cc1ccc(C(=O)C=C(Nc2ccccc2)C(Cl)Cl)cc1. The number of alkyl halides is 2. The van der Waals surface area contributed by atoms with E-state index in [2.05, 4.69) is 5.32 Å². The lowest BCUT2D eigenvalue weighted by atomic mass is 10.1. The quantitative estimate of drug-likeness (QED) is 0.478. The molecule has 0 unspecified atom stereocenters. The van der Waals surface area contributed by atoms with Crippen molar-refractivity contribution in [2.45, 2.75) is 11.8 Å². The second-order valence-corrected chi connectivity index (χ2v) is 5.72. The van der Waals surface area contributed by atoms with Crippen LogP contribution in [0.15, 0.2) is 66.4 Å². The Hall–Kier alpha value is -1.77. The van der Waals surface area contributed by atoms with E-state index in [4.69, 9.17) is 23.2 Å². The molecule has 0 atom stereocenters. The van der Waals surface area contributed by atoms with Crippen LogP contribution < -0.4 is 5.32 Å². The Kier molecular flexibility index (Phi) is 5.43. The Morgan fingerprint density at radius 1 is 1.05 bits per heavy atom. The molecule has 0 heterocycles. The highest BCUT2D eigenvalue weighted by Crippen LogP contribution is 2.19. The van der Waals surface area contributed by atoms with Crippen molar-refractivity contribution in [3.63, 3.8) is 0 Å². The summed E-state index contributed by atoms with van der Waals surface area (Å²) >= 11 is 11.9. The van der Waals surface area contributed by atoms with E-state index in [0.717, 1.165) is 11.3 Å². The Balaban J connectivity index is 2.21. The van der Waals surface area contributed by atoms with Crippen molar-refractivity contribution in [2.24, 2.45) is 0 Å². The van der Waals surface area contributed by atoms with Crippen LogP contribution in [0.2, 0.25) is 0 Å². The van der Waals surface area contributed by atoms with Gasteiger partial charge < -0.3 is 5.32 Å². The van der Waals surface area contributed by atoms with E-state index in [1.807, 2.05) is 49.4 Å². The largest absolute Gasteiger partial charge is 0.357 e. The van der Waals surface area contributed by atoms with Crippen molar-refractivity contribution in [3.8, 4) is 0 Å². The van der Waals surface area contributed by atoms with Gasteiger partial charge in [-0.15, -0.1) is 0 Å². The van der Waals surface area contributed by atoms with Crippen molar-refractivity contribution in [1.82, 2.24) is 0 Å². The predicted octanol–water partition coefficient (Wildman–Crippen LogP) is 4.98. The van der Waals surface area contributed by atoms with Gasteiger partial charge in [0.05, 0.1) is 5.70 Å². The molecule has 2 nitrogen and oxygen atoms in total. The molecule has 0 aliphatic carbocycles. The van der Waals surface area contributed by atoms with Crippen LogP contribution in [-0.4, -0.2) is 10.6 Å². The van der Waals surface area contributed by atoms with Gasteiger partial charge in [0.25, 0.3) is 0 Å². The number of aryl methyl sites for hydroxylation is 1. The third-order valence-corrected chi connectivity index (χ3v) is 3.39. The monoisotopic (exact) mass is 319 g/mol. The number of carbonyl (C=O) groups excluding carboxylic acids is 1. The van der Waals surface area contributed by atoms with Crippen LogP contribution in [0.5, 0.6) is 0 Å². The smallest absolute Gasteiger partial charge is 0.187 e. The number of hydrogen-bond donors (Lipinski definition) is 1. The van der Waals surface area contributed by atoms with Crippen LogP contribution in [0.3, 0.4) is 0 Å². The first-order valence-electron chi connectivity index (χ1n) is 6.49. The fourth-order valence-electron chi connectivity index (χ4n) is 1.78. The van der Waals surface area contributed by atoms with Crippen LogP contribution in [0.4, 0.5) is 5.69 Å². The maximum absolute atomic E-state index is 12.2. The van der Waals surface area contributed by atoms with Gasteiger partial charge in [-0.3, -0.25) is 4.79 Å². The molecule has 0 amide bonds. The fraction of sp³-hybridized carbons (Fsp3) is 0.118. The standard InChI is InChI=1S/C17H15Cl2NO/c1-12-7-9-13(10-8-12)16(21)11-15(17(18)19)20-14-5-3-2-4-6-14/h2-11,17,20H,1H3. The van der Waals surface area contributed by atoms with Crippen molar-refractivity contribution in [2.75, 3.05) is 5.32 Å². The van der Waals surface area contributed by atoms with E-state index in [9.17, 15) is 4.79 Å². The zero-order valence-corrected chi connectivity index (χ0v) is 13.0. The first kappa shape index (κ1) is 15.6. The summed E-state index contributed by atoms with van der Waals surface area (Å²) < 4.78 is 0. The van der Waals surface area contributed by atoms with Gasteiger partial charge in [0.1, 0.15) is 4.84 Å². The molecule has 0 radical (unpaired) electrons. The summed E-state index contributed by atoms with van der Waals surface area (Å²) in [4.78, 5) is 11.4. The van der Waals surface area contributed by atoms with Crippen molar-refractivity contribution < 1.29 is 4.79 Å². The van der Waals surface area contributed by atoms with Gasteiger partial charge >= 0.3 is 0 Å². The van der Waals surface area contributed by atoms with E-state index < -0.39 is 4.84 Å². The molecule has 0 fully saturated rings. The molecule has 21 heavy (non-hydrogen) atoms. The molecule has 0 aliphatic rings. The van der Waals surface area contributed by atoms with Gasteiger partial charge in [-0.2, -0.15) is 0 Å². The summed E-state index contributed by atoms with van der Waals surface area (Å²) in [5, 5.41) is 3.07. The third-order valence-electron chi connectivity index (χ3n) is 2.92. The van der Waals surface area contributed by atoms with Crippen LogP contribution >= 0.6 is 23.2 Å². The molecule has 0 aliphatic heterocycles. The van der Waals surface area contributed by atoms with Gasteiger partial charge in [-0.05, 0) is 19.1 Å². The molecule has 0 saturated heterocycles. The van der Waals surface area contributed by atoms with Crippen LogP contribution in [0.25, 0.3) is 0 Å². The lowest BCUT2D eigenvalue weighted by Gasteiger charge is -2.11. The second-order valence-electron chi connectivity index (χ2n) is 4.62. The maximum atomic E-state index is 12.2. The van der Waals surface area contributed by atoms with Gasteiger partial charge in [0, 0.05) is 17.3 Å². The van der Waals surface area contributed by atoms with E-state index in [0.29, 0.717) is 11.3 Å². The van der Waals surface area contributed by atoms with Crippen molar-refractivity contribution >= 4 is 34.7 Å². The minimum absolute atomic E-state index is 0.139. The summed E-state index contributed by atoms with van der Waals surface area (Å²) in [6.45, 7) is 1.97. The molecule has 108 valence electrons. The number of benzene rings is 2. The molecule has 2 rings (SSSR count). The number of hydrogen-bond acceptors (Lipinski definition) is 2. The molecule has 4 heteroatoms. The molecule has 2 aromatic carbocycles. The lowest BCUT2D eigenvalue weighted by Crippen LogP contribution is -2.09. The Morgan fingerprint density at radius 2 is 1.67 bits per heavy atom. The Bertz CT molecular complexity index is 634. The maximum Gasteiger partial charge on any atom is 0.187 e. The molecule has 0 saturated carbocycles. The van der Waals surface area contributed by atoms with Gasteiger partial charge in [-0.1, -0.05) is 71.2 Å². The van der Waals surface area contributed by atoms with Gasteiger partial charge in [0.15, 0.2) is 5.78 Å². The summed E-state index contributed by atoms with van der Waals surface area (Å²) in [6, 6.07) is 16.8. The van der Waals surface area contributed by atoms with Gasteiger partial charge in [-0.25, -0.2) is 0 Å². The normalized spacial score (nSPS) is 11.5. The van der Waals surface area contributed by atoms with E-state index in [-0.39, 0.29) is 5.78 Å². The zero-order valence-electron chi connectivity index (χ0n) is 11.5. The molecule has 0 bridgehead atoms. The van der Waals surface area contributed by atoms with Crippen LogP contribution in [0, 0.1) is 6.92 Å². The highest BCUT2D eigenvalue weighted by molar-refractivity contribution is 6.46. The summed E-state index contributed by atoms with van der Waals surface area (Å²) in [5.41, 5.74) is 2.98. The number of para-hydroxylation sites is 1. The summed E-state index contributed by atoms with van der Waals surface area (Å²) in [7, 11) is 0. The van der Waals surface area contributed by atoms with Crippen molar-refractivity contribution in [3.05, 3.63) is 77.5 Å². The fourth-order valence-corrected chi connectivity index (χ4v) is 2.02. The van der Waals surface area contributed by atoms with E-state index >= 15 is 0 Å². The van der Waals surface area contributed by atoms with E-state index in [1.54, 1.807) is 12.1 Å². The average Bonchev–Trinajstić information content (AvgIpc) is 2.48. The van der Waals surface area contributed by atoms with Crippen LogP contribution in [0.1, 0.15) is 15.9 Å². The van der Waals surface area contributed by atoms with E-state index in [1.165, 1.54) is 6.08 Å². The topological polar surface area (TPSA) is 29.1 Å². The number of allylic oxidation sites excluding steroid dienone is 2. The predicted molar refractivity (Wildman–Crippen MR) is 89.2 cm³/mol. The number of ketones is 1. The Morgan fingerprint density at radius 3 is 2.24 bits per heavy atom. The molecule has 0 aromatic heterocycles. The number of rotatable bonds is 5. The summed E-state index contributed by atoms with van der Waals surface area (Å²) in [6.07, 6.45) is 1.43. The number of nitrogens with one attached hydrogen (secondary N) is 1.